The molecule has 0 N–H and O–H groups in total. The van der Waals surface area contributed by atoms with Gasteiger partial charge in [-0.15, -0.1) is 11.3 Å². The molecule has 136 valence electrons. The summed E-state index contributed by atoms with van der Waals surface area (Å²) in [5.74, 6) is -0.414. The van der Waals surface area contributed by atoms with Gasteiger partial charge in [0.2, 0.25) is 0 Å². The molecule has 4 rings (SSSR count). The number of hydrogen-bond acceptors (Lipinski definition) is 5. The second kappa shape index (κ2) is 6.72. The lowest BCUT2D eigenvalue weighted by Gasteiger charge is -2.00. The average molecular weight is 438 g/mol. The number of aromatic nitrogens is 1. The predicted molar refractivity (Wildman–Crippen MR) is 109 cm³/mol. The van der Waals surface area contributed by atoms with Gasteiger partial charge in [0, 0.05) is 29.3 Å². The van der Waals surface area contributed by atoms with E-state index in [1.807, 2.05) is 6.07 Å². The Bertz CT molecular complexity index is 1320. The fraction of sp³-hybridized carbons (Fsp3) is 0.0588. The number of thiazole rings is 1. The summed E-state index contributed by atoms with van der Waals surface area (Å²) in [6, 6.07) is 9.65. The molecule has 0 radical (unpaired) electrons. The number of rotatable bonds is 2. The number of nitro benzene ring substituents is 1. The molecule has 10 heteroatoms. The van der Waals surface area contributed by atoms with E-state index in [4.69, 9.17) is 23.2 Å². The van der Waals surface area contributed by atoms with E-state index in [2.05, 4.69) is 4.99 Å². The quantitative estimate of drug-likeness (QED) is 0.310. The van der Waals surface area contributed by atoms with Crippen molar-refractivity contribution in [2.45, 2.75) is 0 Å². The van der Waals surface area contributed by atoms with E-state index >= 15 is 0 Å². The molecule has 0 aliphatic heterocycles. The van der Waals surface area contributed by atoms with E-state index in [0.29, 0.717) is 30.6 Å². The molecule has 6 nitrogen and oxygen atoms in total. The number of non-ortho nitro benzene ring substituents is 1. The molecule has 0 saturated heterocycles. The van der Waals surface area contributed by atoms with Crippen LogP contribution in [-0.4, -0.2) is 15.4 Å². The maximum Gasteiger partial charge on any atom is 0.289 e. The molecule has 27 heavy (non-hydrogen) atoms. The Labute approximate surface area is 170 Å². The van der Waals surface area contributed by atoms with Gasteiger partial charge in [-0.05, 0) is 24.3 Å². The van der Waals surface area contributed by atoms with Crippen molar-refractivity contribution in [1.29, 1.82) is 0 Å². The molecule has 0 bridgehead atoms. The number of halogens is 2. The van der Waals surface area contributed by atoms with Gasteiger partial charge in [-0.25, -0.2) is 0 Å². The predicted octanol–water partition coefficient (Wildman–Crippen LogP) is 5.41. The Morgan fingerprint density at radius 1 is 1.15 bits per heavy atom. The van der Waals surface area contributed by atoms with Crippen molar-refractivity contribution in [3.05, 3.63) is 66.2 Å². The van der Waals surface area contributed by atoms with Gasteiger partial charge >= 0.3 is 0 Å². The minimum Gasteiger partial charge on any atom is -0.318 e. The number of carbonyl (C=O) groups is 1. The summed E-state index contributed by atoms with van der Waals surface area (Å²) >= 11 is 14.9. The second-order valence-electron chi connectivity index (χ2n) is 5.66. The van der Waals surface area contributed by atoms with Crippen LogP contribution in [0.2, 0.25) is 10.0 Å². The minimum absolute atomic E-state index is 0.0151. The first-order valence-electron chi connectivity index (χ1n) is 7.56. The molecule has 1 amide bonds. The Morgan fingerprint density at radius 3 is 2.63 bits per heavy atom. The highest BCUT2D eigenvalue weighted by Gasteiger charge is 2.15. The molecule has 0 saturated carbocycles. The van der Waals surface area contributed by atoms with Crippen LogP contribution in [0.1, 0.15) is 9.67 Å². The van der Waals surface area contributed by atoms with Crippen LogP contribution in [0.3, 0.4) is 0 Å². The van der Waals surface area contributed by atoms with Crippen LogP contribution in [0.25, 0.3) is 20.3 Å². The molecule has 0 aliphatic carbocycles. The fourth-order valence-corrected chi connectivity index (χ4v) is 5.12. The topological polar surface area (TPSA) is 77.5 Å². The zero-order chi connectivity index (χ0) is 19.3. The Morgan fingerprint density at radius 2 is 1.89 bits per heavy atom. The number of thiophene rings is 1. The number of nitro groups is 1. The van der Waals surface area contributed by atoms with Crippen LogP contribution in [-0.2, 0) is 7.05 Å². The SMILES string of the molecule is Cn1c(=NC(=O)c2cc3cc([N+](=O)[O-])ccc3s2)sc2ccc(Cl)c(Cl)c21. The summed E-state index contributed by atoms with van der Waals surface area (Å²) in [6.07, 6.45) is 0. The summed E-state index contributed by atoms with van der Waals surface area (Å²) in [7, 11) is 1.77. The van der Waals surface area contributed by atoms with E-state index in [1.165, 1.54) is 34.8 Å². The van der Waals surface area contributed by atoms with Crippen LogP contribution in [0.15, 0.2) is 41.4 Å². The molecule has 0 fully saturated rings. The molecule has 4 aromatic rings. The zero-order valence-electron chi connectivity index (χ0n) is 13.6. The van der Waals surface area contributed by atoms with Crippen LogP contribution in [0, 0.1) is 10.1 Å². The van der Waals surface area contributed by atoms with Crippen molar-refractivity contribution in [3.63, 3.8) is 0 Å². The molecule has 2 heterocycles. The standard InChI is InChI=1S/C17H9Cl2N3O3S2/c1-21-15-12(5-3-10(18)14(15)19)27-17(21)20-16(23)13-7-8-6-9(22(24)25)2-4-11(8)26-13/h2-7H,1H3. The van der Waals surface area contributed by atoms with Gasteiger partial charge in [-0.1, -0.05) is 34.5 Å². The summed E-state index contributed by atoms with van der Waals surface area (Å²) in [5.41, 5.74) is 0.700. The number of hydrogen-bond donors (Lipinski definition) is 0. The minimum atomic E-state index is -0.463. The van der Waals surface area contributed by atoms with E-state index < -0.39 is 10.8 Å². The average Bonchev–Trinajstić information content (AvgIpc) is 3.19. The number of carbonyl (C=O) groups excluding carboxylic acids is 1. The lowest BCUT2D eigenvalue weighted by atomic mass is 10.2. The second-order valence-corrected chi connectivity index (χ2v) is 8.54. The van der Waals surface area contributed by atoms with Gasteiger partial charge in [-0.2, -0.15) is 4.99 Å². The van der Waals surface area contributed by atoms with Gasteiger partial charge in [0.05, 0.1) is 30.1 Å². The fourth-order valence-electron chi connectivity index (χ4n) is 2.67. The van der Waals surface area contributed by atoms with Crippen molar-refractivity contribution in [2.75, 3.05) is 0 Å². The van der Waals surface area contributed by atoms with Gasteiger partial charge in [0.1, 0.15) is 0 Å². The van der Waals surface area contributed by atoms with Gasteiger partial charge in [0.25, 0.3) is 11.6 Å². The van der Waals surface area contributed by atoms with E-state index in [1.54, 1.807) is 29.8 Å². The zero-order valence-corrected chi connectivity index (χ0v) is 16.7. The first kappa shape index (κ1) is 18.1. The maximum absolute atomic E-state index is 12.6. The van der Waals surface area contributed by atoms with Gasteiger partial charge in [-0.3, -0.25) is 14.9 Å². The molecule has 0 aliphatic rings. The van der Waals surface area contributed by atoms with Crippen molar-refractivity contribution in [3.8, 4) is 0 Å². The van der Waals surface area contributed by atoms with Crippen molar-refractivity contribution in [1.82, 2.24) is 4.57 Å². The normalized spacial score (nSPS) is 12.2. The third-order valence-electron chi connectivity index (χ3n) is 3.97. The Balaban J connectivity index is 1.80. The number of benzene rings is 2. The first-order chi connectivity index (χ1) is 12.8. The van der Waals surface area contributed by atoms with Crippen molar-refractivity contribution < 1.29 is 9.72 Å². The van der Waals surface area contributed by atoms with Crippen LogP contribution < -0.4 is 4.80 Å². The molecular weight excluding hydrogens is 429 g/mol. The van der Waals surface area contributed by atoms with E-state index in [9.17, 15) is 14.9 Å². The molecule has 2 aromatic heterocycles. The van der Waals surface area contributed by atoms with Crippen molar-refractivity contribution in [2.24, 2.45) is 12.0 Å². The van der Waals surface area contributed by atoms with Crippen LogP contribution in [0.5, 0.6) is 0 Å². The largest absolute Gasteiger partial charge is 0.318 e. The Kier molecular flexibility index (Phi) is 4.51. The lowest BCUT2D eigenvalue weighted by Crippen LogP contribution is -2.13. The van der Waals surface area contributed by atoms with Gasteiger partial charge < -0.3 is 4.57 Å². The number of aryl methyl sites for hydroxylation is 1. The third-order valence-corrected chi connectivity index (χ3v) is 6.97. The summed E-state index contributed by atoms with van der Waals surface area (Å²) in [6.45, 7) is 0. The number of nitrogens with zero attached hydrogens (tertiary/aromatic N) is 3. The number of fused-ring (bicyclic) bond motifs is 2. The van der Waals surface area contributed by atoms with E-state index in [-0.39, 0.29) is 5.69 Å². The van der Waals surface area contributed by atoms with Crippen LogP contribution in [0.4, 0.5) is 5.69 Å². The van der Waals surface area contributed by atoms with E-state index in [0.717, 1.165) is 9.40 Å². The smallest absolute Gasteiger partial charge is 0.289 e. The summed E-state index contributed by atoms with van der Waals surface area (Å²) < 4.78 is 3.38. The van der Waals surface area contributed by atoms with Gasteiger partial charge in [0.15, 0.2) is 4.80 Å². The molecule has 0 atom stereocenters. The highest BCUT2D eigenvalue weighted by molar-refractivity contribution is 7.21. The summed E-state index contributed by atoms with van der Waals surface area (Å²) in [4.78, 5) is 28.2. The highest BCUT2D eigenvalue weighted by Crippen LogP contribution is 2.32. The highest BCUT2D eigenvalue weighted by atomic mass is 35.5. The lowest BCUT2D eigenvalue weighted by molar-refractivity contribution is -0.384. The molecule has 2 aromatic carbocycles. The summed E-state index contributed by atoms with van der Waals surface area (Å²) in [5, 5.41) is 12.4. The van der Waals surface area contributed by atoms with Crippen molar-refractivity contribution >= 4 is 77.8 Å². The molecule has 0 spiro atoms. The molecular formula is C17H9Cl2N3O3S2. The first-order valence-corrected chi connectivity index (χ1v) is 9.94. The maximum atomic E-state index is 12.6. The number of amides is 1. The Hall–Kier alpha value is -2.26. The van der Waals surface area contributed by atoms with Crippen LogP contribution >= 0.6 is 45.9 Å². The third kappa shape index (κ3) is 3.14. The molecule has 0 unspecified atom stereocenters. The monoisotopic (exact) mass is 437 g/mol.